The van der Waals surface area contributed by atoms with E-state index in [-0.39, 0.29) is 30.7 Å². The zero-order valence-corrected chi connectivity index (χ0v) is 15.4. The van der Waals surface area contributed by atoms with Crippen LogP contribution in [0.2, 0.25) is 0 Å². The molecule has 1 saturated heterocycles. The highest BCUT2D eigenvalue weighted by Crippen LogP contribution is 2.29. The second kappa shape index (κ2) is 9.25. The van der Waals surface area contributed by atoms with Gasteiger partial charge in [0.25, 0.3) is 5.91 Å². The molecule has 0 aromatic heterocycles. The lowest BCUT2D eigenvalue weighted by Crippen LogP contribution is -2.34. The Morgan fingerprint density at radius 2 is 2.00 bits per heavy atom. The highest BCUT2D eigenvalue weighted by atomic mass is 19.1. The fraction of sp³-hybridized carbons (Fsp3) is 0.611. The van der Waals surface area contributed by atoms with Gasteiger partial charge in [-0.15, -0.1) is 0 Å². The summed E-state index contributed by atoms with van der Waals surface area (Å²) in [5, 5.41) is 9.64. The number of amides is 1. The van der Waals surface area contributed by atoms with Crippen molar-refractivity contribution in [2.75, 3.05) is 60.7 Å². The number of likely N-dealkylation sites (tertiary alicyclic amines) is 1. The van der Waals surface area contributed by atoms with Gasteiger partial charge in [-0.1, -0.05) is 0 Å². The van der Waals surface area contributed by atoms with Crippen molar-refractivity contribution in [3.63, 3.8) is 0 Å². The maximum atomic E-state index is 14.4. The van der Waals surface area contributed by atoms with Crippen molar-refractivity contribution in [2.24, 2.45) is 11.8 Å². The van der Waals surface area contributed by atoms with Crippen LogP contribution in [-0.4, -0.2) is 81.5 Å². The molecule has 0 bridgehead atoms. The van der Waals surface area contributed by atoms with Crippen LogP contribution in [0.25, 0.3) is 0 Å². The molecule has 1 fully saturated rings. The molecule has 0 saturated carbocycles. The topological polar surface area (TPSA) is 62.2 Å². The summed E-state index contributed by atoms with van der Waals surface area (Å²) in [4.78, 5) is 16.1. The number of benzene rings is 1. The number of nitrogens with zero attached hydrogens (tertiary/aromatic N) is 2. The average molecular weight is 372 g/mol. The summed E-state index contributed by atoms with van der Waals surface area (Å²) in [6, 6.07) is 2.17. The van der Waals surface area contributed by atoms with Gasteiger partial charge in [0.05, 0.1) is 13.7 Å². The Labute approximate surface area is 152 Å². The first kappa shape index (κ1) is 20.5. The minimum Gasteiger partial charge on any atom is -0.494 e. The van der Waals surface area contributed by atoms with Crippen LogP contribution in [0.4, 0.5) is 8.78 Å². The smallest absolute Gasteiger partial charge is 0.259 e. The lowest BCUT2D eigenvalue weighted by molar-refractivity contribution is 0.0768. The summed E-state index contributed by atoms with van der Waals surface area (Å²) >= 11 is 0. The molecule has 1 aromatic carbocycles. The van der Waals surface area contributed by atoms with Crippen LogP contribution < -0.4 is 4.74 Å². The van der Waals surface area contributed by atoms with E-state index in [4.69, 9.17) is 9.47 Å². The molecule has 2 rings (SSSR count). The summed E-state index contributed by atoms with van der Waals surface area (Å²) in [7, 11) is 4.81. The van der Waals surface area contributed by atoms with Crippen LogP contribution in [0.3, 0.4) is 0 Å². The molecule has 1 aromatic rings. The Morgan fingerprint density at radius 1 is 1.31 bits per heavy atom. The van der Waals surface area contributed by atoms with E-state index in [2.05, 4.69) is 4.90 Å². The normalized spacial score (nSPS) is 20.0. The van der Waals surface area contributed by atoms with Gasteiger partial charge in [-0.05, 0) is 25.1 Å². The van der Waals surface area contributed by atoms with Gasteiger partial charge in [-0.25, -0.2) is 8.78 Å². The maximum Gasteiger partial charge on any atom is 0.259 e. The summed E-state index contributed by atoms with van der Waals surface area (Å²) in [6.45, 7) is 2.46. The average Bonchev–Trinajstić information content (AvgIpc) is 3.02. The zero-order valence-electron chi connectivity index (χ0n) is 15.4. The molecule has 2 atom stereocenters. The highest BCUT2D eigenvalue weighted by molar-refractivity contribution is 5.95. The Morgan fingerprint density at radius 3 is 2.62 bits per heavy atom. The summed E-state index contributed by atoms with van der Waals surface area (Å²) < 4.78 is 38.3. The molecule has 1 aliphatic heterocycles. The molecule has 0 spiro atoms. The number of ether oxygens (including phenoxy) is 2. The molecule has 26 heavy (non-hydrogen) atoms. The predicted molar refractivity (Wildman–Crippen MR) is 92.3 cm³/mol. The van der Waals surface area contributed by atoms with Gasteiger partial charge in [-0.3, -0.25) is 4.79 Å². The summed E-state index contributed by atoms with van der Waals surface area (Å²) in [6.07, 6.45) is 0. The fourth-order valence-corrected chi connectivity index (χ4v) is 3.30. The van der Waals surface area contributed by atoms with Gasteiger partial charge in [0.2, 0.25) is 0 Å². The van der Waals surface area contributed by atoms with Gasteiger partial charge < -0.3 is 24.4 Å². The van der Waals surface area contributed by atoms with Gasteiger partial charge in [0.1, 0.15) is 11.4 Å². The standard InChI is InChI=1S/C18H26F2N2O4/c1-21(6-7-25-2)8-12-9-22(10-13(12)11-23)18(24)16-14(19)4-5-15(26-3)17(16)20/h4-5,12-13,23H,6-11H2,1-3H3/t12-,13-/m1/s1. The number of likely N-dealkylation sites (N-methyl/N-ethyl adjacent to an activating group) is 1. The molecule has 146 valence electrons. The Kier molecular flexibility index (Phi) is 7.31. The van der Waals surface area contributed by atoms with Gasteiger partial charge in [-0.2, -0.15) is 0 Å². The van der Waals surface area contributed by atoms with E-state index in [0.717, 1.165) is 18.7 Å². The third-order valence-corrected chi connectivity index (χ3v) is 4.81. The Hall–Kier alpha value is -1.77. The van der Waals surface area contributed by atoms with E-state index in [9.17, 15) is 18.7 Å². The van der Waals surface area contributed by atoms with E-state index < -0.39 is 23.1 Å². The largest absolute Gasteiger partial charge is 0.494 e. The van der Waals surface area contributed by atoms with Gasteiger partial charge in [0.15, 0.2) is 11.6 Å². The predicted octanol–water partition coefficient (Wildman–Crippen LogP) is 1.23. The fourth-order valence-electron chi connectivity index (χ4n) is 3.30. The van der Waals surface area contributed by atoms with E-state index >= 15 is 0 Å². The van der Waals surface area contributed by atoms with Crippen LogP contribution in [0, 0.1) is 23.5 Å². The van der Waals surface area contributed by atoms with E-state index in [0.29, 0.717) is 19.7 Å². The molecule has 0 radical (unpaired) electrons. The first-order valence-corrected chi connectivity index (χ1v) is 8.52. The monoisotopic (exact) mass is 372 g/mol. The van der Waals surface area contributed by atoms with Crippen molar-refractivity contribution in [1.82, 2.24) is 9.80 Å². The lowest BCUT2D eigenvalue weighted by atomic mass is 9.96. The summed E-state index contributed by atoms with van der Waals surface area (Å²) in [5.74, 6) is -2.95. The van der Waals surface area contributed by atoms with Crippen LogP contribution in [0.5, 0.6) is 5.75 Å². The maximum absolute atomic E-state index is 14.4. The number of methoxy groups -OCH3 is 2. The quantitative estimate of drug-likeness (QED) is 0.744. The first-order chi connectivity index (χ1) is 12.4. The first-order valence-electron chi connectivity index (χ1n) is 8.52. The molecule has 0 aliphatic carbocycles. The minimum absolute atomic E-state index is 0.0162. The second-order valence-electron chi connectivity index (χ2n) is 6.61. The van der Waals surface area contributed by atoms with Crippen LogP contribution >= 0.6 is 0 Å². The van der Waals surface area contributed by atoms with Crippen molar-refractivity contribution < 1.29 is 28.2 Å². The zero-order chi connectivity index (χ0) is 19.3. The van der Waals surface area contributed by atoms with Crippen LogP contribution in [0.15, 0.2) is 12.1 Å². The van der Waals surface area contributed by atoms with Crippen LogP contribution in [0.1, 0.15) is 10.4 Å². The number of halogens is 2. The highest BCUT2D eigenvalue weighted by Gasteiger charge is 2.37. The van der Waals surface area contributed by atoms with E-state index in [1.165, 1.54) is 12.0 Å². The number of aliphatic hydroxyl groups excluding tert-OH is 1. The molecule has 1 N–H and O–H groups in total. The van der Waals surface area contributed by atoms with Crippen molar-refractivity contribution in [3.8, 4) is 5.75 Å². The van der Waals surface area contributed by atoms with Gasteiger partial charge in [0, 0.05) is 45.8 Å². The molecule has 1 aliphatic rings. The van der Waals surface area contributed by atoms with Gasteiger partial charge >= 0.3 is 0 Å². The number of rotatable bonds is 8. The van der Waals surface area contributed by atoms with E-state index in [1.54, 1.807) is 7.11 Å². The Balaban J connectivity index is 2.14. The number of hydrogen-bond donors (Lipinski definition) is 1. The molecule has 1 heterocycles. The second-order valence-corrected chi connectivity index (χ2v) is 6.61. The number of hydrogen-bond acceptors (Lipinski definition) is 5. The molecule has 8 heteroatoms. The third kappa shape index (κ3) is 4.49. The van der Waals surface area contributed by atoms with Crippen molar-refractivity contribution in [1.29, 1.82) is 0 Å². The summed E-state index contributed by atoms with van der Waals surface area (Å²) in [5.41, 5.74) is -0.616. The van der Waals surface area contributed by atoms with Crippen molar-refractivity contribution >= 4 is 5.91 Å². The Bertz CT molecular complexity index is 629. The third-order valence-electron chi connectivity index (χ3n) is 4.81. The van der Waals surface area contributed by atoms with Crippen molar-refractivity contribution in [2.45, 2.75) is 0 Å². The lowest BCUT2D eigenvalue weighted by Gasteiger charge is -2.23. The molecular formula is C18H26F2N2O4. The van der Waals surface area contributed by atoms with Crippen molar-refractivity contribution in [3.05, 3.63) is 29.3 Å². The molecule has 1 amide bonds. The minimum atomic E-state index is -1.00. The molecule has 0 unspecified atom stereocenters. The SMILES string of the molecule is COCCN(C)C[C@@H]1CN(C(=O)c2c(F)ccc(OC)c2F)C[C@@H]1CO. The number of carbonyl (C=O) groups excluding carboxylic acids is 1. The number of carbonyl (C=O) groups is 1. The van der Waals surface area contributed by atoms with Crippen LogP contribution in [-0.2, 0) is 4.74 Å². The number of aliphatic hydroxyl groups is 1. The molecular weight excluding hydrogens is 346 g/mol. The molecule has 6 nitrogen and oxygen atoms in total. The van der Waals surface area contributed by atoms with E-state index in [1.807, 2.05) is 7.05 Å².